The van der Waals surface area contributed by atoms with Crippen LogP contribution in [0.2, 0.25) is 5.02 Å². The van der Waals surface area contributed by atoms with Crippen LogP contribution in [0.25, 0.3) is 0 Å². The van der Waals surface area contributed by atoms with E-state index >= 15 is 0 Å². The fraction of sp³-hybridized carbons (Fsp3) is 0.375. The molecule has 224 valence electrons. The monoisotopic (exact) mass is 597 g/mol. The number of benzene rings is 3. The van der Waals surface area contributed by atoms with Crippen LogP contribution in [0.1, 0.15) is 50.0 Å². The number of hydrogen-bond acceptors (Lipinski definition) is 8. The van der Waals surface area contributed by atoms with Crippen molar-refractivity contribution < 1.29 is 38.0 Å². The minimum atomic E-state index is -1.17. The van der Waals surface area contributed by atoms with Gasteiger partial charge in [0.1, 0.15) is 23.7 Å². The highest BCUT2D eigenvalue weighted by molar-refractivity contribution is 6.30. The molecule has 0 aromatic heterocycles. The van der Waals surface area contributed by atoms with Gasteiger partial charge in [0.15, 0.2) is 11.5 Å². The predicted octanol–water partition coefficient (Wildman–Crippen LogP) is 6.13. The van der Waals surface area contributed by atoms with E-state index in [4.69, 9.17) is 40.0 Å². The summed E-state index contributed by atoms with van der Waals surface area (Å²) in [5.41, 5.74) is 2.57. The molecule has 9 nitrogen and oxygen atoms in total. The number of nitrogens with zero attached hydrogens (tertiary/aromatic N) is 1. The summed E-state index contributed by atoms with van der Waals surface area (Å²) in [7, 11) is 3.13. The molecule has 0 fully saturated rings. The lowest BCUT2D eigenvalue weighted by Gasteiger charge is -2.26. The molecule has 0 N–H and O–H groups in total. The van der Waals surface area contributed by atoms with Crippen LogP contribution in [0.4, 0.5) is 5.69 Å². The van der Waals surface area contributed by atoms with Gasteiger partial charge in [0, 0.05) is 27.8 Å². The molecule has 3 aromatic rings. The number of rotatable bonds is 12. The molecule has 0 spiro atoms. The fourth-order valence-corrected chi connectivity index (χ4v) is 5.12. The number of carbonyl (C=O) groups is 2. The minimum absolute atomic E-state index is 0.132. The second kappa shape index (κ2) is 14.3. The van der Waals surface area contributed by atoms with Gasteiger partial charge in [-0.15, -0.1) is 0 Å². The zero-order valence-electron chi connectivity index (χ0n) is 24.5. The van der Waals surface area contributed by atoms with Crippen LogP contribution in [-0.2, 0) is 25.6 Å². The highest BCUT2D eigenvalue weighted by Gasteiger charge is 2.39. The molecule has 0 aliphatic carbocycles. The highest BCUT2D eigenvalue weighted by atomic mass is 35.5. The quantitative estimate of drug-likeness (QED) is 0.230. The van der Waals surface area contributed by atoms with Gasteiger partial charge in [-0.05, 0) is 57.2 Å². The first kappa shape index (κ1) is 31.0. The van der Waals surface area contributed by atoms with E-state index in [0.29, 0.717) is 58.0 Å². The summed E-state index contributed by atoms with van der Waals surface area (Å²) in [6, 6.07) is 16.2. The summed E-state index contributed by atoms with van der Waals surface area (Å²) in [5.74, 6) is 1.24. The van der Waals surface area contributed by atoms with Gasteiger partial charge in [0.05, 0.1) is 52.7 Å². The molecule has 1 aliphatic rings. The lowest BCUT2D eigenvalue weighted by atomic mass is 9.97. The van der Waals surface area contributed by atoms with Crippen molar-refractivity contribution in [2.45, 2.75) is 45.9 Å². The summed E-state index contributed by atoms with van der Waals surface area (Å²) >= 11 is 6.53. The molecule has 3 aromatic carbocycles. The second-order valence-corrected chi connectivity index (χ2v) is 9.80. The van der Waals surface area contributed by atoms with E-state index in [1.165, 1.54) is 0 Å². The third-order valence-corrected chi connectivity index (χ3v) is 7.00. The first-order chi connectivity index (χ1) is 20.3. The van der Waals surface area contributed by atoms with Gasteiger partial charge in [-0.25, -0.2) is 0 Å². The zero-order chi connectivity index (χ0) is 30.2. The first-order valence-electron chi connectivity index (χ1n) is 13.9. The average Bonchev–Trinajstić information content (AvgIpc) is 3.09. The maximum Gasteiger partial charge on any atom is 0.308 e. The van der Waals surface area contributed by atoms with Gasteiger partial charge < -0.3 is 33.3 Å². The van der Waals surface area contributed by atoms with E-state index in [1.807, 2.05) is 38.1 Å². The molecular formula is C32H36ClNO8. The predicted molar refractivity (Wildman–Crippen MR) is 159 cm³/mol. The highest BCUT2D eigenvalue weighted by Crippen LogP contribution is 2.46. The standard InChI is InChI=1S/C32H36ClNO8/c1-6-39-26-11-9-10-23(31(26)41-8-3)30-24-16-21(33)13-15-25(24)34(32(36)28(42-30)18-29(35)40-7-2)19-20-12-14-22(37-4)17-27(20)38-5/h9-17,28,30H,6-8,18-19H2,1-5H3. The summed E-state index contributed by atoms with van der Waals surface area (Å²) in [5, 5.41) is 0.458. The molecule has 0 bridgehead atoms. The second-order valence-electron chi connectivity index (χ2n) is 9.36. The summed E-state index contributed by atoms with van der Waals surface area (Å²) in [6.45, 7) is 6.59. The van der Waals surface area contributed by atoms with Gasteiger partial charge in [-0.1, -0.05) is 23.7 Å². The van der Waals surface area contributed by atoms with E-state index in [0.717, 1.165) is 5.56 Å². The Balaban J connectivity index is 1.91. The van der Waals surface area contributed by atoms with E-state index < -0.39 is 24.1 Å². The minimum Gasteiger partial charge on any atom is -0.497 e. The number of halogens is 1. The zero-order valence-corrected chi connectivity index (χ0v) is 25.2. The van der Waals surface area contributed by atoms with Crippen LogP contribution in [0.3, 0.4) is 0 Å². The van der Waals surface area contributed by atoms with E-state index in [9.17, 15) is 9.59 Å². The molecule has 10 heteroatoms. The Hall–Kier alpha value is -3.95. The van der Waals surface area contributed by atoms with Crippen molar-refractivity contribution in [3.8, 4) is 23.0 Å². The Labute approximate surface area is 251 Å². The summed E-state index contributed by atoms with van der Waals surface area (Å²) in [6.07, 6.45) is -2.28. The van der Waals surface area contributed by atoms with Crippen LogP contribution in [0.5, 0.6) is 23.0 Å². The normalized spacial score (nSPS) is 16.3. The van der Waals surface area contributed by atoms with Crippen molar-refractivity contribution in [3.63, 3.8) is 0 Å². The van der Waals surface area contributed by atoms with Gasteiger partial charge in [0.2, 0.25) is 0 Å². The van der Waals surface area contributed by atoms with Crippen molar-refractivity contribution in [2.24, 2.45) is 0 Å². The Morgan fingerprint density at radius 1 is 0.905 bits per heavy atom. The maximum absolute atomic E-state index is 14.3. The third-order valence-electron chi connectivity index (χ3n) is 6.77. The lowest BCUT2D eigenvalue weighted by Crippen LogP contribution is -2.40. The number of para-hydroxylation sites is 1. The summed E-state index contributed by atoms with van der Waals surface area (Å²) in [4.78, 5) is 28.6. The molecule has 0 saturated carbocycles. The summed E-state index contributed by atoms with van der Waals surface area (Å²) < 4.78 is 34.7. The number of fused-ring (bicyclic) bond motifs is 1. The molecule has 42 heavy (non-hydrogen) atoms. The van der Waals surface area contributed by atoms with Crippen molar-refractivity contribution >= 4 is 29.2 Å². The lowest BCUT2D eigenvalue weighted by molar-refractivity contribution is -0.151. The van der Waals surface area contributed by atoms with Crippen LogP contribution in [-0.4, -0.2) is 52.0 Å². The van der Waals surface area contributed by atoms with Gasteiger partial charge >= 0.3 is 5.97 Å². The fourth-order valence-electron chi connectivity index (χ4n) is 4.94. The van der Waals surface area contributed by atoms with Gasteiger partial charge in [-0.2, -0.15) is 0 Å². The van der Waals surface area contributed by atoms with Crippen molar-refractivity contribution in [1.29, 1.82) is 0 Å². The number of amides is 1. The Morgan fingerprint density at radius 2 is 1.69 bits per heavy atom. The SMILES string of the molecule is CCOC(=O)CC1OC(c2cccc(OCC)c2OCC)c2cc(Cl)ccc2N(Cc2ccc(OC)cc2OC)C1=O. The largest absolute Gasteiger partial charge is 0.497 e. The molecule has 1 amide bonds. The first-order valence-corrected chi connectivity index (χ1v) is 14.2. The number of hydrogen-bond donors (Lipinski definition) is 0. The Morgan fingerprint density at radius 3 is 2.38 bits per heavy atom. The Kier molecular flexibility index (Phi) is 10.5. The Bertz CT molecular complexity index is 1410. The molecule has 1 heterocycles. The number of ether oxygens (including phenoxy) is 6. The topological polar surface area (TPSA) is 92.8 Å². The maximum atomic E-state index is 14.3. The number of esters is 1. The van der Waals surface area contributed by atoms with E-state index in [1.54, 1.807) is 56.4 Å². The van der Waals surface area contributed by atoms with E-state index in [2.05, 4.69) is 0 Å². The third kappa shape index (κ3) is 6.74. The molecule has 1 aliphatic heterocycles. The number of anilines is 1. The average molecular weight is 598 g/mol. The molecular weight excluding hydrogens is 562 g/mol. The van der Waals surface area contributed by atoms with Crippen LogP contribution < -0.4 is 23.8 Å². The van der Waals surface area contributed by atoms with Crippen molar-refractivity contribution in [2.75, 3.05) is 38.9 Å². The van der Waals surface area contributed by atoms with E-state index in [-0.39, 0.29) is 19.6 Å². The molecule has 0 saturated heterocycles. The molecule has 2 unspecified atom stereocenters. The van der Waals surface area contributed by atoms with Gasteiger partial charge in [-0.3, -0.25) is 9.59 Å². The number of methoxy groups -OCH3 is 2. The van der Waals surface area contributed by atoms with Crippen molar-refractivity contribution in [3.05, 3.63) is 76.3 Å². The van der Waals surface area contributed by atoms with Crippen LogP contribution in [0, 0.1) is 0 Å². The molecule has 0 radical (unpaired) electrons. The smallest absolute Gasteiger partial charge is 0.308 e. The van der Waals surface area contributed by atoms with Crippen LogP contribution in [0.15, 0.2) is 54.6 Å². The van der Waals surface area contributed by atoms with Crippen molar-refractivity contribution in [1.82, 2.24) is 0 Å². The van der Waals surface area contributed by atoms with Crippen LogP contribution >= 0.6 is 11.6 Å². The number of carbonyl (C=O) groups excluding carboxylic acids is 2. The molecule has 2 atom stereocenters. The van der Waals surface area contributed by atoms with Gasteiger partial charge in [0.25, 0.3) is 5.91 Å². The molecule has 4 rings (SSSR count).